The van der Waals surface area contributed by atoms with Crippen LogP contribution < -0.4 is 0 Å². The van der Waals surface area contributed by atoms with Crippen LogP contribution >= 0.6 is 11.8 Å². The Bertz CT molecular complexity index is 317. The summed E-state index contributed by atoms with van der Waals surface area (Å²) in [6.45, 7) is 2.13. The van der Waals surface area contributed by atoms with Gasteiger partial charge in [0, 0.05) is 24.1 Å². The molecule has 3 heteroatoms. The molecular formula is C12H17NOS. The summed E-state index contributed by atoms with van der Waals surface area (Å²) in [7, 11) is 0. The predicted molar refractivity (Wildman–Crippen MR) is 64.0 cm³/mol. The first-order valence-electron chi connectivity index (χ1n) is 5.44. The minimum atomic E-state index is -0.524. The lowest BCUT2D eigenvalue weighted by Gasteiger charge is -2.37. The maximum absolute atomic E-state index is 10.6. The molecule has 1 fully saturated rings. The van der Waals surface area contributed by atoms with Gasteiger partial charge >= 0.3 is 0 Å². The number of pyridine rings is 1. The van der Waals surface area contributed by atoms with E-state index in [1.54, 1.807) is 12.4 Å². The molecule has 1 aromatic heterocycles. The summed E-state index contributed by atoms with van der Waals surface area (Å²) >= 11 is 1.88. The van der Waals surface area contributed by atoms with Crippen molar-refractivity contribution in [2.24, 2.45) is 0 Å². The molecular weight excluding hydrogens is 206 g/mol. The molecule has 1 aromatic rings. The lowest BCUT2D eigenvalue weighted by atomic mass is 9.87. The second-order valence-corrected chi connectivity index (χ2v) is 5.70. The number of rotatable bonds is 2. The third-order valence-corrected chi connectivity index (χ3v) is 4.60. The first-order valence-corrected chi connectivity index (χ1v) is 6.48. The zero-order valence-electron chi connectivity index (χ0n) is 9.02. The molecule has 2 heterocycles. The predicted octanol–water partition coefficient (Wildman–Crippen LogP) is 2.27. The first-order chi connectivity index (χ1) is 7.21. The first kappa shape index (κ1) is 11.0. The molecule has 1 saturated heterocycles. The van der Waals surface area contributed by atoms with Crippen LogP contribution in [0.1, 0.15) is 25.3 Å². The van der Waals surface area contributed by atoms with Crippen LogP contribution in [0.2, 0.25) is 0 Å². The van der Waals surface area contributed by atoms with E-state index in [0.29, 0.717) is 5.25 Å². The SMILES string of the molecule is CC1SCCCC1(O)Cc1ccncc1. The van der Waals surface area contributed by atoms with Gasteiger partial charge in [0.1, 0.15) is 0 Å². The van der Waals surface area contributed by atoms with Crippen molar-refractivity contribution in [2.45, 2.75) is 37.0 Å². The maximum Gasteiger partial charge on any atom is 0.0803 e. The Morgan fingerprint density at radius 2 is 2.27 bits per heavy atom. The van der Waals surface area contributed by atoms with Gasteiger partial charge in [-0.3, -0.25) is 4.98 Å². The fraction of sp³-hybridized carbons (Fsp3) is 0.583. The average molecular weight is 223 g/mol. The van der Waals surface area contributed by atoms with Crippen molar-refractivity contribution < 1.29 is 5.11 Å². The lowest BCUT2D eigenvalue weighted by molar-refractivity contribution is 0.0297. The van der Waals surface area contributed by atoms with Gasteiger partial charge < -0.3 is 5.11 Å². The third kappa shape index (κ3) is 2.52. The summed E-state index contributed by atoms with van der Waals surface area (Å²) in [4.78, 5) is 3.99. The van der Waals surface area contributed by atoms with Gasteiger partial charge in [-0.25, -0.2) is 0 Å². The van der Waals surface area contributed by atoms with Gasteiger partial charge in [0.2, 0.25) is 0 Å². The number of hydrogen-bond acceptors (Lipinski definition) is 3. The Labute approximate surface area is 95.1 Å². The molecule has 0 saturated carbocycles. The number of aromatic nitrogens is 1. The summed E-state index contributed by atoms with van der Waals surface area (Å²) in [6.07, 6.45) is 6.38. The van der Waals surface area contributed by atoms with E-state index in [2.05, 4.69) is 11.9 Å². The highest BCUT2D eigenvalue weighted by Crippen LogP contribution is 2.36. The van der Waals surface area contributed by atoms with Crippen LogP contribution in [0.25, 0.3) is 0 Å². The van der Waals surface area contributed by atoms with E-state index in [-0.39, 0.29) is 0 Å². The van der Waals surface area contributed by atoms with Crippen LogP contribution in [0, 0.1) is 0 Å². The van der Waals surface area contributed by atoms with Crippen LogP contribution in [0.5, 0.6) is 0 Å². The zero-order chi connectivity index (χ0) is 10.7. The summed E-state index contributed by atoms with van der Waals surface area (Å²) in [5.74, 6) is 1.18. The molecule has 0 radical (unpaired) electrons. The monoisotopic (exact) mass is 223 g/mol. The van der Waals surface area contributed by atoms with E-state index < -0.39 is 5.60 Å². The van der Waals surface area contributed by atoms with Gasteiger partial charge in [0.05, 0.1) is 5.60 Å². The summed E-state index contributed by atoms with van der Waals surface area (Å²) in [6, 6.07) is 3.98. The van der Waals surface area contributed by atoms with Gasteiger partial charge in [0.25, 0.3) is 0 Å². The van der Waals surface area contributed by atoms with E-state index in [0.717, 1.165) is 19.3 Å². The Morgan fingerprint density at radius 1 is 1.53 bits per heavy atom. The van der Waals surface area contributed by atoms with Crippen LogP contribution in [0.4, 0.5) is 0 Å². The zero-order valence-corrected chi connectivity index (χ0v) is 9.83. The van der Waals surface area contributed by atoms with Gasteiger partial charge in [-0.2, -0.15) is 11.8 Å². The van der Waals surface area contributed by atoms with Crippen LogP contribution in [0.15, 0.2) is 24.5 Å². The normalized spacial score (nSPS) is 31.5. The third-order valence-electron chi connectivity index (χ3n) is 3.14. The fourth-order valence-corrected chi connectivity index (χ4v) is 3.26. The Hall–Kier alpha value is -0.540. The van der Waals surface area contributed by atoms with Crippen molar-refractivity contribution >= 4 is 11.8 Å². The van der Waals surface area contributed by atoms with Crippen molar-refractivity contribution in [1.29, 1.82) is 0 Å². The van der Waals surface area contributed by atoms with E-state index >= 15 is 0 Å². The molecule has 1 aliphatic rings. The Kier molecular flexibility index (Phi) is 3.32. The van der Waals surface area contributed by atoms with Crippen molar-refractivity contribution in [3.8, 4) is 0 Å². The molecule has 0 amide bonds. The lowest BCUT2D eigenvalue weighted by Crippen LogP contribution is -2.43. The number of nitrogens with zero attached hydrogens (tertiary/aromatic N) is 1. The van der Waals surface area contributed by atoms with Crippen LogP contribution in [-0.4, -0.2) is 26.7 Å². The Balaban J connectivity index is 2.09. The molecule has 2 atom stereocenters. The number of aliphatic hydroxyl groups is 1. The fourth-order valence-electron chi connectivity index (χ4n) is 2.08. The average Bonchev–Trinajstić information content (AvgIpc) is 2.24. The largest absolute Gasteiger partial charge is 0.388 e. The molecule has 1 N–H and O–H groups in total. The van der Waals surface area contributed by atoms with Crippen molar-refractivity contribution in [1.82, 2.24) is 4.98 Å². The molecule has 0 bridgehead atoms. The minimum absolute atomic E-state index is 0.333. The maximum atomic E-state index is 10.6. The quantitative estimate of drug-likeness (QED) is 0.835. The molecule has 15 heavy (non-hydrogen) atoms. The number of thioether (sulfide) groups is 1. The minimum Gasteiger partial charge on any atom is -0.388 e. The highest BCUT2D eigenvalue weighted by Gasteiger charge is 2.36. The van der Waals surface area contributed by atoms with Crippen molar-refractivity contribution in [2.75, 3.05) is 5.75 Å². The molecule has 1 aliphatic heterocycles. The van der Waals surface area contributed by atoms with E-state index in [1.807, 2.05) is 23.9 Å². The molecule has 2 rings (SSSR count). The van der Waals surface area contributed by atoms with E-state index in [9.17, 15) is 5.11 Å². The van der Waals surface area contributed by atoms with Gasteiger partial charge in [0.15, 0.2) is 0 Å². The second kappa shape index (κ2) is 4.54. The van der Waals surface area contributed by atoms with E-state index in [1.165, 1.54) is 11.3 Å². The summed E-state index contributed by atoms with van der Waals surface area (Å²) in [5, 5.41) is 10.9. The van der Waals surface area contributed by atoms with E-state index in [4.69, 9.17) is 0 Å². The second-order valence-electron chi connectivity index (χ2n) is 4.25. The molecule has 2 unspecified atom stereocenters. The Morgan fingerprint density at radius 3 is 2.93 bits per heavy atom. The molecule has 0 aromatic carbocycles. The highest BCUT2D eigenvalue weighted by atomic mass is 32.2. The summed E-state index contributed by atoms with van der Waals surface area (Å²) in [5.41, 5.74) is 0.659. The van der Waals surface area contributed by atoms with Gasteiger partial charge in [-0.15, -0.1) is 0 Å². The topological polar surface area (TPSA) is 33.1 Å². The smallest absolute Gasteiger partial charge is 0.0803 e. The molecule has 0 aliphatic carbocycles. The van der Waals surface area contributed by atoms with Crippen molar-refractivity contribution in [3.05, 3.63) is 30.1 Å². The molecule has 2 nitrogen and oxygen atoms in total. The number of hydrogen-bond donors (Lipinski definition) is 1. The highest BCUT2D eigenvalue weighted by molar-refractivity contribution is 8.00. The van der Waals surface area contributed by atoms with Gasteiger partial charge in [-0.1, -0.05) is 6.92 Å². The standard InChI is InChI=1S/C12H17NOS/c1-10-12(14,5-2-8-15-10)9-11-3-6-13-7-4-11/h3-4,6-7,10,14H,2,5,8-9H2,1H3. The van der Waals surface area contributed by atoms with Gasteiger partial charge in [-0.05, 0) is 36.3 Å². The molecule has 0 spiro atoms. The molecule has 82 valence electrons. The van der Waals surface area contributed by atoms with Crippen LogP contribution in [-0.2, 0) is 6.42 Å². The summed E-state index contributed by atoms with van der Waals surface area (Å²) < 4.78 is 0. The van der Waals surface area contributed by atoms with Crippen LogP contribution in [0.3, 0.4) is 0 Å². The van der Waals surface area contributed by atoms with Crippen molar-refractivity contribution in [3.63, 3.8) is 0 Å².